The van der Waals surface area contributed by atoms with Crippen molar-refractivity contribution >= 4 is 27.7 Å². The van der Waals surface area contributed by atoms with Crippen molar-refractivity contribution in [2.45, 2.75) is 25.9 Å². The van der Waals surface area contributed by atoms with Crippen molar-refractivity contribution in [3.63, 3.8) is 0 Å². The molecule has 0 aliphatic heterocycles. The second kappa shape index (κ2) is 11.5. The smallest absolute Gasteiger partial charge is 0.251 e. The van der Waals surface area contributed by atoms with E-state index in [0.717, 1.165) is 16.5 Å². The van der Waals surface area contributed by atoms with Crippen molar-refractivity contribution in [2.75, 3.05) is 19.7 Å². The van der Waals surface area contributed by atoms with E-state index in [0.29, 0.717) is 25.3 Å². The van der Waals surface area contributed by atoms with E-state index in [-0.39, 0.29) is 24.3 Å². The van der Waals surface area contributed by atoms with Crippen LogP contribution in [0.15, 0.2) is 59.1 Å². The number of rotatable bonds is 10. The Morgan fingerprint density at radius 3 is 2.41 bits per heavy atom. The Hall–Kier alpha value is -2.18. The lowest BCUT2D eigenvalue weighted by Gasteiger charge is -2.13. The third kappa shape index (κ3) is 7.93. The highest BCUT2D eigenvalue weighted by Crippen LogP contribution is 2.15. The standard InChI is InChI=1S/C21H25BrN2O3/c1-16(17-6-3-2-4-7-17)27-15-5-13-23-20(25)12-14-24-21(26)18-8-10-19(22)11-9-18/h2-4,6-11,16H,5,12-15H2,1H3,(H,23,25)(H,24,26). The normalized spacial score (nSPS) is 11.6. The molecule has 2 aromatic rings. The molecule has 0 fully saturated rings. The zero-order valence-electron chi connectivity index (χ0n) is 15.4. The molecule has 0 bridgehead atoms. The SMILES string of the molecule is CC(OCCCNC(=O)CCNC(=O)c1ccc(Br)cc1)c1ccccc1. The summed E-state index contributed by atoms with van der Waals surface area (Å²) in [7, 11) is 0. The van der Waals surface area contributed by atoms with E-state index < -0.39 is 0 Å². The average molecular weight is 433 g/mol. The van der Waals surface area contributed by atoms with Crippen molar-refractivity contribution in [2.24, 2.45) is 0 Å². The van der Waals surface area contributed by atoms with Crippen molar-refractivity contribution in [3.05, 3.63) is 70.2 Å². The highest BCUT2D eigenvalue weighted by molar-refractivity contribution is 9.10. The van der Waals surface area contributed by atoms with Gasteiger partial charge in [0.05, 0.1) is 6.10 Å². The van der Waals surface area contributed by atoms with Crippen LogP contribution in [0.3, 0.4) is 0 Å². The van der Waals surface area contributed by atoms with Gasteiger partial charge < -0.3 is 15.4 Å². The van der Waals surface area contributed by atoms with E-state index >= 15 is 0 Å². The van der Waals surface area contributed by atoms with E-state index in [2.05, 4.69) is 26.6 Å². The largest absolute Gasteiger partial charge is 0.374 e. The molecule has 0 aliphatic carbocycles. The summed E-state index contributed by atoms with van der Waals surface area (Å²) < 4.78 is 6.69. The highest BCUT2D eigenvalue weighted by atomic mass is 79.9. The zero-order valence-corrected chi connectivity index (χ0v) is 17.0. The summed E-state index contributed by atoms with van der Waals surface area (Å²) in [5.74, 6) is -0.263. The maximum Gasteiger partial charge on any atom is 0.251 e. The monoisotopic (exact) mass is 432 g/mol. The fraction of sp³-hybridized carbons (Fsp3) is 0.333. The van der Waals surface area contributed by atoms with Crippen LogP contribution in [0.4, 0.5) is 0 Å². The molecule has 0 spiro atoms. The van der Waals surface area contributed by atoms with Gasteiger partial charge in [0.1, 0.15) is 0 Å². The van der Waals surface area contributed by atoms with Crippen LogP contribution in [0.1, 0.15) is 41.8 Å². The predicted octanol–water partition coefficient (Wildman–Crippen LogP) is 3.85. The van der Waals surface area contributed by atoms with E-state index in [9.17, 15) is 9.59 Å². The van der Waals surface area contributed by atoms with Crippen molar-refractivity contribution in [1.82, 2.24) is 10.6 Å². The zero-order chi connectivity index (χ0) is 19.5. The minimum absolute atomic E-state index is 0.0377. The molecule has 1 atom stereocenters. The van der Waals surface area contributed by atoms with Crippen LogP contribution in [0, 0.1) is 0 Å². The minimum Gasteiger partial charge on any atom is -0.374 e. The van der Waals surface area contributed by atoms with Crippen LogP contribution in [0.25, 0.3) is 0 Å². The highest BCUT2D eigenvalue weighted by Gasteiger charge is 2.07. The van der Waals surface area contributed by atoms with Crippen molar-refractivity contribution in [1.29, 1.82) is 0 Å². The first-order chi connectivity index (χ1) is 13.1. The lowest BCUT2D eigenvalue weighted by Crippen LogP contribution is -2.31. The lowest BCUT2D eigenvalue weighted by molar-refractivity contribution is -0.121. The molecule has 0 aliphatic rings. The maximum atomic E-state index is 11.9. The lowest BCUT2D eigenvalue weighted by atomic mass is 10.1. The van der Waals surface area contributed by atoms with Gasteiger partial charge in [-0.15, -0.1) is 0 Å². The summed E-state index contributed by atoms with van der Waals surface area (Å²) in [6.45, 7) is 3.46. The number of hydrogen-bond donors (Lipinski definition) is 2. The summed E-state index contributed by atoms with van der Waals surface area (Å²) in [6, 6.07) is 17.1. The molecular formula is C21H25BrN2O3. The predicted molar refractivity (Wildman–Crippen MR) is 110 cm³/mol. The van der Waals surface area contributed by atoms with Crippen LogP contribution in [0.5, 0.6) is 0 Å². The van der Waals surface area contributed by atoms with Gasteiger partial charge >= 0.3 is 0 Å². The Labute approximate surface area is 168 Å². The molecule has 0 aromatic heterocycles. The van der Waals surface area contributed by atoms with E-state index in [1.54, 1.807) is 12.1 Å². The topological polar surface area (TPSA) is 67.4 Å². The summed E-state index contributed by atoms with van der Waals surface area (Å²) in [6.07, 6.45) is 1.04. The van der Waals surface area contributed by atoms with Gasteiger partial charge in [0.15, 0.2) is 0 Å². The fourth-order valence-corrected chi connectivity index (χ4v) is 2.73. The second-order valence-corrected chi connectivity index (χ2v) is 7.06. The molecule has 27 heavy (non-hydrogen) atoms. The molecule has 2 aromatic carbocycles. The third-order valence-corrected chi connectivity index (χ3v) is 4.55. The molecule has 2 rings (SSSR count). The summed E-state index contributed by atoms with van der Waals surface area (Å²) in [4.78, 5) is 23.8. The first-order valence-electron chi connectivity index (χ1n) is 9.03. The Morgan fingerprint density at radius 2 is 1.70 bits per heavy atom. The molecule has 1 unspecified atom stereocenters. The van der Waals surface area contributed by atoms with Gasteiger partial charge in [-0.3, -0.25) is 9.59 Å². The number of amides is 2. The van der Waals surface area contributed by atoms with Crippen molar-refractivity contribution < 1.29 is 14.3 Å². The summed E-state index contributed by atoms with van der Waals surface area (Å²) in [5.41, 5.74) is 1.71. The van der Waals surface area contributed by atoms with Gasteiger partial charge in [0.2, 0.25) is 5.91 Å². The quantitative estimate of drug-likeness (QED) is 0.560. The molecule has 0 saturated carbocycles. The van der Waals surface area contributed by atoms with Gasteiger partial charge in [0, 0.05) is 36.2 Å². The molecule has 2 amide bonds. The number of ether oxygens (including phenoxy) is 1. The molecular weight excluding hydrogens is 408 g/mol. The summed E-state index contributed by atoms with van der Waals surface area (Å²) in [5, 5.41) is 5.58. The number of benzene rings is 2. The Morgan fingerprint density at radius 1 is 1.00 bits per heavy atom. The van der Waals surface area contributed by atoms with Gasteiger partial charge in [-0.25, -0.2) is 0 Å². The third-order valence-electron chi connectivity index (χ3n) is 4.02. The van der Waals surface area contributed by atoms with Gasteiger partial charge in [-0.05, 0) is 43.2 Å². The summed E-state index contributed by atoms with van der Waals surface area (Å²) >= 11 is 3.33. The molecule has 2 N–H and O–H groups in total. The van der Waals surface area contributed by atoms with E-state index in [1.807, 2.05) is 49.4 Å². The van der Waals surface area contributed by atoms with Crippen molar-refractivity contribution in [3.8, 4) is 0 Å². The second-order valence-electron chi connectivity index (χ2n) is 6.14. The Kier molecular flexibility index (Phi) is 9.01. The van der Waals surface area contributed by atoms with Gasteiger partial charge in [-0.1, -0.05) is 46.3 Å². The van der Waals surface area contributed by atoms with E-state index in [1.165, 1.54) is 0 Å². The van der Waals surface area contributed by atoms with Gasteiger partial charge in [0.25, 0.3) is 5.91 Å². The molecule has 0 radical (unpaired) electrons. The fourth-order valence-electron chi connectivity index (χ4n) is 2.46. The number of nitrogens with one attached hydrogen (secondary N) is 2. The number of carbonyl (C=O) groups is 2. The average Bonchev–Trinajstić information content (AvgIpc) is 2.68. The van der Waals surface area contributed by atoms with Crippen LogP contribution in [-0.2, 0) is 9.53 Å². The number of carbonyl (C=O) groups excluding carboxylic acids is 2. The minimum atomic E-state index is -0.182. The Bertz CT molecular complexity index is 720. The Balaban J connectivity index is 1.53. The molecule has 5 nitrogen and oxygen atoms in total. The molecule has 144 valence electrons. The first-order valence-corrected chi connectivity index (χ1v) is 9.82. The molecule has 0 heterocycles. The first kappa shape index (κ1) is 21.1. The van der Waals surface area contributed by atoms with Crippen LogP contribution in [-0.4, -0.2) is 31.5 Å². The van der Waals surface area contributed by atoms with Gasteiger partial charge in [-0.2, -0.15) is 0 Å². The van der Waals surface area contributed by atoms with Crippen LogP contribution >= 0.6 is 15.9 Å². The maximum absolute atomic E-state index is 11.9. The molecule has 0 saturated heterocycles. The van der Waals surface area contributed by atoms with E-state index in [4.69, 9.17) is 4.74 Å². The van der Waals surface area contributed by atoms with Crippen LogP contribution < -0.4 is 10.6 Å². The number of hydrogen-bond acceptors (Lipinski definition) is 3. The van der Waals surface area contributed by atoms with Crippen LogP contribution in [0.2, 0.25) is 0 Å². The number of halogens is 1. The molecule has 6 heteroatoms.